The van der Waals surface area contributed by atoms with Crippen LogP contribution in [0.15, 0.2) is 127 Å². The summed E-state index contributed by atoms with van der Waals surface area (Å²) in [6.07, 6.45) is 18.5. The summed E-state index contributed by atoms with van der Waals surface area (Å²) in [5.74, 6) is 0. The van der Waals surface area contributed by atoms with E-state index < -0.39 is 0 Å². The monoisotopic (exact) mass is 522 g/mol. The number of rotatable bonds is 6. The third-order valence-corrected chi connectivity index (χ3v) is 8.43. The molecule has 1 saturated heterocycles. The lowest BCUT2D eigenvalue weighted by Gasteiger charge is -2.33. The predicted octanol–water partition coefficient (Wildman–Crippen LogP) is 8.58. The Bertz CT molecular complexity index is 1810. The van der Waals surface area contributed by atoms with Crippen molar-refractivity contribution >= 4 is 32.7 Å². The number of aromatic nitrogens is 3. The first-order valence-electron chi connectivity index (χ1n) is 14.2. The zero-order chi connectivity index (χ0) is 26.9. The van der Waals surface area contributed by atoms with E-state index in [-0.39, 0.29) is 0 Å². The molecule has 0 aliphatic carbocycles. The second-order valence-electron chi connectivity index (χ2n) is 10.9. The number of para-hydroxylation sites is 3. The highest BCUT2D eigenvalue weighted by Gasteiger charge is 2.20. The first kappa shape index (κ1) is 24.3. The van der Waals surface area contributed by atoms with Crippen molar-refractivity contribution < 1.29 is 0 Å². The molecule has 3 aromatic heterocycles. The number of likely N-dealkylation sites (tertiary alicyclic amines) is 1. The maximum atomic E-state index is 3.44. The van der Waals surface area contributed by atoms with Gasteiger partial charge < -0.3 is 19.9 Å². The van der Waals surface area contributed by atoms with Crippen molar-refractivity contribution in [3.63, 3.8) is 0 Å². The SMILES string of the molecule is CN1C(=CCc2c[nH]c3ccccc23)CC(=CCc2c[nH]c3ccccc23)CC1=CCc1c[nH]c2ccccc12. The molecule has 0 spiro atoms. The van der Waals surface area contributed by atoms with Crippen LogP contribution >= 0.6 is 0 Å². The lowest BCUT2D eigenvalue weighted by atomic mass is 9.94. The second kappa shape index (κ2) is 10.5. The number of hydrogen-bond donors (Lipinski definition) is 3. The van der Waals surface area contributed by atoms with E-state index in [0.717, 1.165) is 32.1 Å². The molecule has 3 N–H and O–H groups in total. The van der Waals surface area contributed by atoms with Crippen molar-refractivity contribution in [1.82, 2.24) is 19.9 Å². The number of allylic oxidation sites excluding steroid dienone is 5. The molecule has 1 fully saturated rings. The fraction of sp³-hybridized carbons (Fsp3) is 0.167. The highest BCUT2D eigenvalue weighted by Crippen LogP contribution is 2.33. The predicted molar refractivity (Wildman–Crippen MR) is 167 cm³/mol. The Kier molecular flexibility index (Phi) is 6.37. The van der Waals surface area contributed by atoms with Crippen LogP contribution in [0.4, 0.5) is 0 Å². The van der Waals surface area contributed by atoms with E-state index in [1.807, 2.05) is 0 Å². The molecule has 0 radical (unpaired) electrons. The molecule has 198 valence electrons. The summed E-state index contributed by atoms with van der Waals surface area (Å²) < 4.78 is 0. The summed E-state index contributed by atoms with van der Waals surface area (Å²) in [6, 6.07) is 25.7. The molecule has 40 heavy (non-hydrogen) atoms. The van der Waals surface area contributed by atoms with Crippen molar-refractivity contribution in [3.8, 4) is 0 Å². The van der Waals surface area contributed by atoms with Gasteiger partial charge in [-0.15, -0.1) is 0 Å². The highest BCUT2D eigenvalue weighted by atomic mass is 15.1. The molecule has 0 atom stereocenters. The zero-order valence-electron chi connectivity index (χ0n) is 22.9. The summed E-state index contributed by atoms with van der Waals surface area (Å²) in [7, 11) is 2.23. The van der Waals surface area contributed by atoms with Gasteiger partial charge in [0.15, 0.2) is 0 Å². The molecule has 0 amide bonds. The zero-order valence-corrected chi connectivity index (χ0v) is 22.9. The number of hydrogen-bond acceptors (Lipinski definition) is 1. The average Bonchev–Trinajstić information content (AvgIpc) is 3.72. The van der Waals surface area contributed by atoms with Gasteiger partial charge >= 0.3 is 0 Å². The average molecular weight is 523 g/mol. The smallest absolute Gasteiger partial charge is 0.0456 e. The Balaban J connectivity index is 1.19. The van der Waals surface area contributed by atoms with Crippen LogP contribution in [0, 0.1) is 0 Å². The Morgan fingerprint density at radius 1 is 0.550 bits per heavy atom. The van der Waals surface area contributed by atoms with Crippen molar-refractivity contribution in [2.45, 2.75) is 32.1 Å². The third-order valence-electron chi connectivity index (χ3n) is 8.43. The van der Waals surface area contributed by atoms with Crippen molar-refractivity contribution in [3.05, 3.63) is 143 Å². The summed E-state index contributed by atoms with van der Waals surface area (Å²) in [6.45, 7) is 0. The van der Waals surface area contributed by atoms with Crippen LogP contribution < -0.4 is 0 Å². The van der Waals surface area contributed by atoms with Gasteiger partial charge in [0.05, 0.1) is 0 Å². The fourth-order valence-corrected chi connectivity index (χ4v) is 6.12. The molecule has 4 heteroatoms. The quantitative estimate of drug-likeness (QED) is 0.189. The van der Waals surface area contributed by atoms with Crippen molar-refractivity contribution in [2.75, 3.05) is 7.05 Å². The lowest BCUT2D eigenvalue weighted by Crippen LogP contribution is -2.23. The maximum Gasteiger partial charge on any atom is 0.0456 e. The maximum absolute atomic E-state index is 3.44. The minimum absolute atomic E-state index is 0.912. The van der Waals surface area contributed by atoms with Crippen LogP contribution in [0.3, 0.4) is 0 Å². The number of benzene rings is 3. The lowest BCUT2D eigenvalue weighted by molar-refractivity contribution is 0.457. The van der Waals surface area contributed by atoms with E-state index in [2.05, 4.69) is 137 Å². The number of nitrogens with one attached hydrogen (secondary N) is 3. The van der Waals surface area contributed by atoms with Gasteiger partial charge in [-0.1, -0.05) is 78.4 Å². The van der Waals surface area contributed by atoms with Crippen LogP contribution in [0.25, 0.3) is 32.7 Å². The van der Waals surface area contributed by atoms with Crippen LogP contribution in [0.1, 0.15) is 29.5 Å². The Hall–Kier alpha value is -4.70. The minimum Gasteiger partial charge on any atom is -0.361 e. The van der Waals surface area contributed by atoms with Crippen LogP contribution in [0.2, 0.25) is 0 Å². The van der Waals surface area contributed by atoms with Crippen LogP contribution in [0.5, 0.6) is 0 Å². The largest absolute Gasteiger partial charge is 0.361 e. The molecule has 6 aromatic rings. The van der Waals surface area contributed by atoms with Crippen LogP contribution in [-0.4, -0.2) is 26.9 Å². The van der Waals surface area contributed by atoms with Gasteiger partial charge in [-0.25, -0.2) is 0 Å². The molecular formula is C36H34N4. The number of nitrogens with zero attached hydrogens (tertiary/aromatic N) is 1. The Morgan fingerprint density at radius 3 is 1.35 bits per heavy atom. The van der Waals surface area contributed by atoms with Gasteiger partial charge in [-0.05, 0) is 54.2 Å². The van der Waals surface area contributed by atoms with E-state index in [1.54, 1.807) is 0 Å². The van der Waals surface area contributed by atoms with Gasteiger partial charge in [-0.3, -0.25) is 0 Å². The summed E-state index contributed by atoms with van der Waals surface area (Å²) in [5, 5.41) is 3.93. The van der Waals surface area contributed by atoms with Crippen molar-refractivity contribution in [2.24, 2.45) is 0 Å². The van der Waals surface area contributed by atoms with Gasteiger partial charge in [0.2, 0.25) is 0 Å². The van der Waals surface area contributed by atoms with E-state index in [9.17, 15) is 0 Å². The van der Waals surface area contributed by atoms with Gasteiger partial charge in [0, 0.05) is 82.6 Å². The summed E-state index contributed by atoms with van der Waals surface area (Å²) in [4.78, 5) is 12.7. The number of fused-ring (bicyclic) bond motifs is 3. The fourth-order valence-electron chi connectivity index (χ4n) is 6.12. The number of aromatic amines is 3. The molecular weight excluding hydrogens is 488 g/mol. The van der Waals surface area contributed by atoms with Gasteiger partial charge in [0.25, 0.3) is 0 Å². The molecule has 1 aliphatic rings. The number of piperidine rings is 1. The van der Waals surface area contributed by atoms with Gasteiger partial charge in [0.1, 0.15) is 0 Å². The van der Waals surface area contributed by atoms with Crippen LogP contribution in [-0.2, 0) is 19.3 Å². The summed E-state index contributed by atoms with van der Waals surface area (Å²) in [5.41, 5.74) is 11.9. The second-order valence-corrected chi connectivity index (χ2v) is 10.9. The molecule has 0 saturated carbocycles. The molecule has 0 bridgehead atoms. The molecule has 3 aromatic carbocycles. The van der Waals surface area contributed by atoms with E-state index >= 15 is 0 Å². The topological polar surface area (TPSA) is 50.6 Å². The third kappa shape index (κ3) is 4.66. The minimum atomic E-state index is 0.912. The van der Waals surface area contributed by atoms with E-state index in [1.165, 1.54) is 66.4 Å². The standard InChI is InChI=1S/C36H34N4/c1-40-29(18-16-27-23-38-35-12-6-3-9-32(27)35)20-25(14-15-26-22-37-34-11-5-2-8-31(26)34)21-30(40)19-17-28-24-39-36-13-7-4-10-33(28)36/h2-14,18-19,22-24,37-39H,15-17,20-21H2,1H3. The molecule has 7 rings (SSSR count). The van der Waals surface area contributed by atoms with Crippen molar-refractivity contribution in [1.29, 1.82) is 0 Å². The molecule has 4 heterocycles. The Morgan fingerprint density at radius 2 is 0.925 bits per heavy atom. The molecule has 1 aliphatic heterocycles. The Labute approximate surface area is 234 Å². The molecule has 0 unspecified atom stereocenters. The van der Waals surface area contributed by atoms with Gasteiger partial charge in [-0.2, -0.15) is 0 Å². The number of H-pyrrole nitrogens is 3. The first-order valence-corrected chi connectivity index (χ1v) is 14.2. The normalized spacial score (nSPS) is 16.2. The van der Waals surface area contributed by atoms with E-state index in [4.69, 9.17) is 0 Å². The highest BCUT2D eigenvalue weighted by molar-refractivity contribution is 5.84. The summed E-state index contributed by atoms with van der Waals surface area (Å²) >= 11 is 0. The first-order chi connectivity index (χ1) is 19.7. The van der Waals surface area contributed by atoms with E-state index in [0.29, 0.717) is 0 Å². The molecule has 4 nitrogen and oxygen atoms in total.